The van der Waals surface area contributed by atoms with Crippen molar-refractivity contribution in [2.24, 2.45) is 5.41 Å². The van der Waals surface area contributed by atoms with E-state index in [0.29, 0.717) is 23.0 Å². The van der Waals surface area contributed by atoms with Crippen molar-refractivity contribution >= 4 is 16.9 Å². The zero-order valence-electron chi connectivity index (χ0n) is 27.8. The van der Waals surface area contributed by atoms with Crippen LogP contribution in [0.1, 0.15) is 120 Å². The van der Waals surface area contributed by atoms with E-state index in [4.69, 9.17) is 14.2 Å². The fourth-order valence-electron chi connectivity index (χ4n) is 7.24. The highest BCUT2D eigenvalue weighted by Gasteiger charge is 2.39. The van der Waals surface area contributed by atoms with E-state index in [2.05, 4.69) is 12.1 Å². The lowest BCUT2D eigenvalue weighted by molar-refractivity contribution is -0.948. The molecular weight excluding hydrogens is 571 g/mol. The Hall–Kier alpha value is -3.07. The highest BCUT2D eigenvalue weighted by atomic mass is 19.1. The molecule has 2 aromatic heterocycles. The molecule has 0 N–H and O–H groups in total. The highest BCUT2D eigenvalue weighted by molar-refractivity contribution is 5.80. The fraction of sp³-hybridized carbons (Fsp3) is 0.667. The summed E-state index contributed by atoms with van der Waals surface area (Å²) in [4.78, 5) is 31.8. The van der Waals surface area contributed by atoms with Gasteiger partial charge in [0, 0.05) is 60.9 Å². The van der Waals surface area contributed by atoms with Gasteiger partial charge < -0.3 is 9.26 Å². The Morgan fingerprint density at radius 3 is 2.67 bits per heavy atom. The first-order valence-electron chi connectivity index (χ1n) is 17.3. The molecule has 0 amide bonds. The number of carbonyl (C=O) groups excluding carboxylic acids is 1. The number of carbonyl (C=O) groups is 1. The van der Waals surface area contributed by atoms with Crippen molar-refractivity contribution in [3.05, 3.63) is 57.1 Å². The van der Waals surface area contributed by atoms with Gasteiger partial charge in [-0.25, -0.2) is 9.37 Å². The van der Waals surface area contributed by atoms with Crippen molar-refractivity contribution in [3.63, 3.8) is 0 Å². The summed E-state index contributed by atoms with van der Waals surface area (Å²) in [6.45, 7) is 11.4. The Morgan fingerprint density at radius 2 is 1.89 bits per heavy atom. The number of aryl methyl sites for hydroxylation is 2. The first-order valence-corrected chi connectivity index (χ1v) is 17.3. The Morgan fingerprint density at radius 1 is 1.13 bits per heavy atom. The second-order valence-electron chi connectivity index (χ2n) is 14.2. The number of rotatable bonds is 14. The van der Waals surface area contributed by atoms with E-state index in [-0.39, 0.29) is 30.0 Å². The third-order valence-corrected chi connectivity index (χ3v) is 10.3. The Balaban J connectivity index is 1.29. The number of nitrogens with zero attached hydrogens (tertiary/aromatic N) is 4. The van der Waals surface area contributed by atoms with Crippen molar-refractivity contribution in [2.75, 3.05) is 26.4 Å². The van der Waals surface area contributed by atoms with E-state index in [1.54, 1.807) is 6.07 Å². The van der Waals surface area contributed by atoms with Gasteiger partial charge in [0.1, 0.15) is 11.6 Å². The summed E-state index contributed by atoms with van der Waals surface area (Å²) >= 11 is 0. The summed E-state index contributed by atoms with van der Waals surface area (Å²) in [5, 5.41) is 5.19. The molecule has 1 aromatic carbocycles. The normalized spacial score (nSPS) is 20.3. The summed E-state index contributed by atoms with van der Waals surface area (Å²) in [5.41, 5.74) is 2.48. The molecule has 0 aliphatic carbocycles. The second-order valence-corrected chi connectivity index (χ2v) is 14.2. The molecule has 0 radical (unpaired) electrons. The molecule has 0 bridgehead atoms. The fourth-order valence-corrected chi connectivity index (χ4v) is 7.24. The van der Waals surface area contributed by atoms with Gasteiger partial charge in [0.25, 0.3) is 5.56 Å². The molecule has 45 heavy (non-hydrogen) atoms. The predicted octanol–water partition coefficient (Wildman–Crippen LogP) is 7.38. The van der Waals surface area contributed by atoms with Crippen LogP contribution in [0.2, 0.25) is 0 Å². The number of likely N-dealkylation sites (tertiary alicyclic amines) is 1. The summed E-state index contributed by atoms with van der Waals surface area (Å²) in [6.07, 6.45) is 13.1. The molecule has 0 atom stereocenters. The standard InChI is InChI=1S/C36H52FN4O4/c1-5-6-7-8-9-11-19-36(3,4)35(43)44-25-41(23-18-29-26(2)38-32-13-10-12-20-40(32)34(29)42)21-16-27(17-22-41)33-30-15-14-28(37)24-31(30)45-39-33/h14-15,24,27H,5-13,16-23,25H2,1-4H3/q+1. The number of ether oxygens (including phenoxy) is 1. The molecule has 1 fully saturated rings. The highest BCUT2D eigenvalue weighted by Crippen LogP contribution is 2.36. The number of benzene rings is 1. The monoisotopic (exact) mass is 623 g/mol. The van der Waals surface area contributed by atoms with Gasteiger partial charge in [0.05, 0.1) is 30.7 Å². The van der Waals surface area contributed by atoms with Crippen molar-refractivity contribution < 1.29 is 22.9 Å². The third kappa shape index (κ3) is 7.84. The van der Waals surface area contributed by atoms with Gasteiger partial charge in [-0.3, -0.25) is 18.6 Å². The molecule has 8 nitrogen and oxygen atoms in total. The quantitative estimate of drug-likeness (QED) is 0.106. The van der Waals surface area contributed by atoms with E-state index in [1.165, 1.54) is 37.8 Å². The van der Waals surface area contributed by atoms with Crippen LogP contribution in [0, 0.1) is 18.2 Å². The van der Waals surface area contributed by atoms with Crippen LogP contribution in [0.15, 0.2) is 27.5 Å². The maximum atomic E-state index is 13.8. The molecule has 246 valence electrons. The van der Waals surface area contributed by atoms with Crippen molar-refractivity contribution in [1.29, 1.82) is 0 Å². The molecule has 1 saturated heterocycles. The number of aromatic nitrogens is 3. The lowest BCUT2D eigenvalue weighted by Crippen LogP contribution is -2.56. The second kappa shape index (κ2) is 14.6. The molecule has 0 saturated carbocycles. The minimum atomic E-state index is -0.542. The van der Waals surface area contributed by atoms with Crippen LogP contribution in [0.5, 0.6) is 0 Å². The average molecular weight is 624 g/mol. The van der Waals surface area contributed by atoms with Crippen molar-refractivity contribution in [2.45, 2.75) is 124 Å². The Bertz CT molecular complexity index is 1520. The van der Waals surface area contributed by atoms with Gasteiger partial charge in [-0.15, -0.1) is 0 Å². The third-order valence-electron chi connectivity index (χ3n) is 10.3. The molecule has 2 aliphatic rings. The van der Waals surface area contributed by atoms with Gasteiger partial charge in [0.2, 0.25) is 6.73 Å². The maximum absolute atomic E-state index is 13.8. The Kier molecular flexibility index (Phi) is 10.8. The van der Waals surface area contributed by atoms with E-state index >= 15 is 0 Å². The van der Waals surface area contributed by atoms with Crippen molar-refractivity contribution in [1.82, 2.24) is 14.7 Å². The molecular formula is C36H52FN4O4+. The van der Waals surface area contributed by atoms with Crippen LogP contribution < -0.4 is 5.56 Å². The number of quaternary nitrogens is 1. The summed E-state index contributed by atoms with van der Waals surface area (Å²) < 4.78 is 27.9. The van der Waals surface area contributed by atoms with Crippen LogP contribution >= 0.6 is 0 Å². The number of hydrogen-bond acceptors (Lipinski definition) is 6. The first-order chi connectivity index (χ1) is 21.6. The van der Waals surface area contributed by atoms with E-state index in [0.717, 1.165) is 99.2 Å². The van der Waals surface area contributed by atoms with E-state index in [1.807, 2.05) is 25.3 Å². The van der Waals surface area contributed by atoms with E-state index in [9.17, 15) is 14.0 Å². The lowest BCUT2D eigenvalue weighted by atomic mass is 9.87. The first kappa shape index (κ1) is 33.3. The number of piperidine rings is 1. The molecule has 0 spiro atoms. The number of esters is 1. The molecule has 4 heterocycles. The number of fused-ring (bicyclic) bond motifs is 2. The largest absolute Gasteiger partial charge is 0.415 e. The van der Waals surface area contributed by atoms with Crippen molar-refractivity contribution in [3.8, 4) is 0 Å². The molecule has 9 heteroatoms. The lowest BCUT2D eigenvalue weighted by Gasteiger charge is -2.43. The van der Waals surface area contributed by atoms with Crippen LogP contribution in [-0.2, 0) is 28.9 Å². The minimum absolute atomic E-state index is 0.0867. The average Bonchev–Trinajstić information content (AvgIpc) is 3.44. The topological polar surface area (TPSA) is 87.2 Å². The summed E-state index contributed by atoms with van der Waals surface area (Å²) in [5.74, 6) is 0.583. The van der Waals surface area contributed by atoms with Gasteiger partial charge in [0.15, 0.2) is 5.58 Å². The van der Waals surface area contributed by atoms with E-state index < -0.39 is 5.41 Å². The predicted molar refractivity (Wildman–Crippen MR) is 173 cm³/mol. The van der Waals surface area contributed by atoms with Crippen LogP contribution in [-0.4, -0.2) is 51.5 Å². The molecule has 2 aliphatic heterocycles. The van der Waals surface area contributed by atoms with Crippen LogP contribution in [0.25, 0.3) is 11.0 Å². The minimum Gasteiger partial charge on any atom is -0.415 e. The zero-order valence-corrected chi connectivity index (χ0v) is 27.8. The summed E-state index contributed by atoms with van der Waals surface area (Å²) in [7, 11) is 0. The van der Waals surface area contributed by atoms with Crippen LogP contribution in [0.3, 0.4) is 0 Å². The smallest absolute Gasteiger partial charge is 0.315 e. The number of halogens is 1. The van der Waals surface area contributed by atoms with Crippen LogP contribution in [0.4, 0.5) is 4.39 Å². The zero-order chi connectivity index (χ0) is 32.0. The van der Waals surface area contributed by atoms with Gasteiger partial charge in [-0.05, 0) is 52.2 Å². The van der Waals surface area contributed by atoms with Gasteiger partial charge in [-0.1, -0.05) is 50.6 Å². The maximum Gasteiger partial charge on any atom is 0.315 e. The Labute approximate surface area is 266 Å². The number of hydrogen-bond donors (Lipinski definition) is 0. The molecule has 5 rings (SSSR count). The van der Waals surface area contributed by atoms with Gasteiger partial charge >= 0.3 is 5.97 Å². The summed E-state index contributed by atoms with van der Waals surface area (Å²) in [6, 6.07) is 4.58. The molecule has 3 aromatic rings. The van der Waals surface area contributed by atoms with Gasteiger partial charge in [-0.2, -0.15) is 0 Å². The number of unbranched alkanes of at least 4 members (excludes halogenated alkanes) is 5. The molecule has 0 unspecified atom stereocenters. The SMILES string of the molecule is CCCCCCCCC(C)(C)C(=O)OC[N+]1(CCc2c(C)nc3n(c2=O)CCCC3)CCC(c2noc3cc(F)ccc23)CC1.